The topological polar surface area (TPSA) is 69.8 Å². The van der Waals surface area contributed by atoms with E-state index in [1.165, 1.54) is 11.3 Å². The van der Waals surface area contributed by atoms with E-state index in [1.54, 1.807) is 12.5 Å². The number of thiazole rings is 1. The lowest BCUT2D eigenvalue weighted by molar-refractivity contribution is 0.0391. The SMILES string of the molecule is Cc1nc(C(=O)N2CCN(Cc3ccoc3)[C@@H](CCO)C2)cs1. The Morgan fingerprint density at radius 3 is 3.04 bits per heavy atom. The number of carbonyl (C=O) groups is 1. The average molecular weight is 335 g/mol. The third-order valence-corrected chi connectivity index (χ3v) is 4.93. The maximum atomic E-state index is 12.6. The number of amides is 1. The van der Waals surface area contributed by atoms with E-state index in [9.17, 15) is 9.90 Å². The Hall–Kier alpha value is -1.70. The van der Waals surface area contributed by atoms with Crippen LogP contribution in [0, 0.1) is 6.92 Å². The zero-order valence-electron chi connectivity index (χ0n) is 13.1. The van der Waals surface area contributed by atoms with Crippen molar-refractivity contribution in [3.05, 3.63) is 40.2 Å². The summed E-state index contributed by atoms with van der Waals surface area (Å²) in [7, 11) is 0. The number of furan rings is 1. The van der Waals surface area contributed by atoms with Crippen molar-refractivity contribution in [2.75, 3.05) is 26.2 Å². The van der Waals surface area contributed by atoms with Crippen molar-refractivity contribution in [2.45, 2.75) is 25.9 Å². The minimum atomic E-state index is -0.0137. The molecule has 0 unspecified atom stereocenters. The Kier molecular flexibility index (Phi) is 5.09. The monoisotopic (exact) mass is 335 g/mol. The highest BCUT2D eigenvalue weighted by Crippen LogP contribution is 2.19. The van der Waals surface area contributed by atoms with Gasteiger partial charge in [-0.3, -0.25) is 9.69 Å². The van der Waals surface area contributed by atoms with Crippen LogP contribution in [0.15, 0.2) is 28.4 Å². The van der Waals surface area contributed by atoms with Gasteiger partial charge in [0.2, 0.25) is 0 Å². The molecule has 1 amide bonds. The highest BCUT2D eigenvalue weighted by atomic mass is 32.1. The summed E-state index contributed by atoms with van der Waals surface area (Å²) >= 11 is 1.49. The van der Waals surface area contributed by atoms with Crippen LogP contribution in [0.3, 0.4) is 0 Å². The van der Waals surface area contributed by atoms with Crippen molar-refractivity contribution in [2.24, 2.45) is 0 Å². The van der Waals surface area contributed by atoms with Gasteiger partial charge in [0.25, 0.3) is 5.91 Å². The molecule has 7 heteroatoms. The van der Waals surface area contributed by atoms with Crippen molar-refractivity contribution in [3.63, 3.8) is 0 Å². The number of piperazine rings is 1. The van der Waals surface area contributed by atoms with Gasteiger partial charge in [0.05, 0.1) is 17.5 Å². The van der Waals surface area contributed by atoms with Gasteiger partial charge in [0.1, 0.15) is 5.69 Å². The highest BCUT2D eigenvalue weighted by molar-refractivity contribution is 7.09. The molecule has 1 atom stereocenters. The van der Waals surface area contributed by atoms with Crippen LogP contribution >= 0.6 is 11.3 Å². The summed E-state index contributed by atoms with van der Waals surface area (Å²) in [5.74, 6) is -0.0137. The lowest BCUT2D eigenvalue weighted by atomic mass is 10.1. The molecule has 3 rings (SSSR count). The number of hydrogen-bond acceptors (Lipinski definition) is 6. The quantitative estimate of drug-likeness (QED) is 0.901. The molecule has 0 saturated carbocycles. The molecule has 124 valence electrons. The molecule has 1 fully saturated rings. The Bertz CT molecular complexity index is 641. The van der Waals surface area contributed by atoms with Crippen LogP contribution in [-0.2, 0) is 6.54 Å². The van der Waals surface area contributed by atoms with E-state index in [0.717, 1.165) is 23.7 Å². The first kappa shape index (κ1) is 16.2. The van der Waals surface area contributed by atoms with Crippen molar-refractivity contribution >= 4 is 17.2 Å². The fraction of sp³-hybridized carbons (Fsp3) is 0.500. The van der Waals surface area contributed by atoms with Crippen molar-refractivity contribution < 1.29 is 14.3 Å². The van der Waals surface area contributed by atoms with Gasteiger partial charge in [-0.1, -0.05) is 0 Å². The predicted molar refractivity (Wildman–Crippen MR) is 87.4 cm³/mol. The number of aliphatic hydroxyl groups is 1. The number of carbonyl (C=O) groups excluding carboxylic acids is 1. The third kappa shape index (κ3) is 3.80. The van der Waals surface area contributed by atoms with Crippen LogP contribution in [0.2, 0.25) is 0 Å². The Morgan fingerprint density at radius 1 is 1.52 bits per heavy atom. The smallest absolute Gasteiger partial charge is 0.273 e. The second kappa shape index (κ2) is 7.25. The fourth-order valence-corrected chi connectivity index (χ4v) is 3.54. The van der Waals surface area contributed by atoms with E-state index >= 15 is 0 Å². The highest BCUT2D eigenvalue weighted by Gasteiger charge is 2.30. The molecule has 1 saturated heterocycles. The lowest BCUT2D eigenvalue weighted by Gasteiger charge is -2.41. The van der Waals surface area contributed by atoms with Crippen LogP contribution < -0.4 is 0 Å². The van der Waals surface area contributed by atoms with Gasteiger partial charge >= 0.3 is 0 Å². The van der Waals surface area contributed by atoms with Crippen LogP contribution in [-0.4, -0.2) is 58.1 Å². The first-order chi connectivity index (χ1) is 11.2. The Balaban J connectivity index is 1.67. The van der Waals surface area contributed by atoms with E-state index in [0.29, 0.717) is 25.2 Å². The molecular formula is C16H21N3O3S. The summed E-state index contributed by atoms with van der Waals surface area (Å²) in [6.07, 6.45) is 4.06. The van der Waals surface area contributed by atoms with Gasteiger partial charge in [0, 0.05) is 49.8 Å². The summed E-state index contributed by atoms with van der Waals surface area (Å²) in [4.78, 5) is 21.0. The van der Waals surface area contributed by atoms with E-state index in [1.807, 2.05) is 23.3 Å². The summed E-state index contributed by atoms with van der Waals surface area (Å²) < 4.78 is 5.12. The van der Waals surface area contributed by atoms with Crippen LogP contribution in [0.4, 0.5) is 0 Å². The first-order valence-corrected chi connectivity index (χ1v) is 8.62. The van der Waals surface area contributed by atoms with Crippen molar-refractivity contribution in [1.29, 1.82) is 0 Å². The molecule has 0 aromatic carbocycles. The second-order valence-electron chi connectivity index (χ2n) is 5.77. The molecular weight excluding hydrogens is 314 g/mol. The molecule has 3 heterocycles. The maximum absolute atomic E-state index is 12.6. The van der Waals surface area contributed by atoms with Crippen LogP contribution in [0.5, 0.6) is 0 Å². The largest absolute Gasteiger partial charge is 0.472 e. The van der Waals surface area contributed by atoms with E-state index < -0.39 is 0 Å². The number of aliphatic hydroxyl groups excluding tert-OH is 1. The molecule has 23 heavy (non-hydrogen) atoms. The minimum Gasteiger partial charge on any atom is -0.472 e. The Labute approximate surface area is 139 Å². The van der Waals surface area contributed by atoms with Gasteiger partial charge in [0.15, 0.2) is 0 Å². The van der Waals surface area contributed by atoms with Crippen LogP contribution in [0.1, 0.15) is 27.5 Å². The number of aryl methyl sites for hydroxylation is 1. The maximum Gasteiger partial charge on any atom is 0.273 e. The molecule has 6 nitrogen and oxygen atoms in total. The van der Waals surface area contributed by atoms with E-state index in [4.69, 9.17) is 4.42 Å². The van der Waals surface area contributed by atoms with Gasteiger partial charge in [-0.05, 0) is 19.4 Å². The summed E-state index contributed by atoms with van der Waals surface area (Å²) in [5, 5.41) is 12.1. The molecule has 0 spiro atoms. The number of nitrogens with zero attached hydrogens (tertiary/aromatic N) is 3. The van der Waals surface area contributed by atoms with Crippen LogP contribution in [0.25, 0.3) is 0 Å². The third-order valence-electron chi connectivity index (χ3n) is 4.16. The standard InChI is InChI=1S/C16H21N3O3S/c1-12-17-15(11-23-12)16(21)19-5-4-18(14(9-19)2-6-20)8-13-3-7-22-10-13/h3,7,10-11,14,20H,2,4-6,8-9H2,1H3/t14-/m0/s1. The number of aromatic nitrogens is 1. The molecule has 2 aromatic heterocycles. The van der Waals surface area contributed by atoms with E-state index in [2.05, 4.69) is 9.88 Å². The molecule has 0 bridgehead atoms. The second-order valence-corrected chi connectivity index (χ2v) is 6.83. The van der Waals surface area contributed by atoms with Gasteiger partial charge in [-0.2, -0.15) is 0 Å². The normalized spacial score (nSPS) is 19.2. The molecule has 0 aliphatic carbocycles. The molecule has 1 aliphatic rings. The summed E-state index contributed by atoms with van der Waals surface area (Å²) in [5.41, 5.74) is 1.64. The van der Waals surface area contributed by atoms with Gasteiger partial charge in [-0.15, -0.1) is 11.3 Å². The molecule has 1 N–H and O–H groups in total. The average Bonchev–Trinajstić information content (AvgIpc) is 3.20. The van der Waals surface area contributed by atoms with Crippen molar-refractivity contribution in [1.82, 2.24) is 14.8 Å². The summed E-state index contributed by atoms with van der Waals surface area (Å²) in [6.45, 7) is 4.87. The Morgan fingerprint density at radius 2 is 2.39 bits per heavy atom. The first-order valence-electron chi connectivity index (χ1n) is 7.74. The zero-order chi connectivity index (χ0) is 16.2. The number of hydrogen-bond donors (Lipinski definition) is 1. The minimum absolute atomic E-state index is 0.0137. The zero-order valence-corrected chi connectivity index (χ0v) is 14.0. The number of rotatable bonds is 5. The molecule has 1 aliphatic heterocycles. The van der Waals surface area contributed by atoms with Gasteiger partial charge < -0.3 is 14.4 Å². The predicted octanol–water partition coefficient (Wildman–Crippen LogP) is 1.75. The fourth-order valence-electron chi connectivity index (χ4n) is 2.95. The lowest BCUT2D eigenvalue weighted by Crippen LogP contribution is -2.54. The molecule has 0 radical (unpaired) electrons. The van der Waals surface area contributed by atoms with Crippen molar-refractivity contribution in [3.8, 4) is 0 Å². The summed E-state index contributed by atoms with van der Waals surface area (Å²) in [6, 6.07) is 2.10. The van der Waals surface area contributed by atoms with Gasteiger partial charge in [-0.25, -0.2) is 4.98 Å². The molecule has 2 aromatic rings. The van der Waals surface area contributed by atoms with E-state index in [-0.39, 0.29) is 18.6 Å².